The molecule has 0 aliphatic carbocycles. The van der Waals surface area contributed by atoms with Crippen LogP contribution < -0.4 is 15.8 Å². The molecular weight excluding hydrogens is 418 g/mol. The lowest BCUT2D eigenvalue weighted by Gasteiger charge is -2.17. The van der Waals surface area contributed by atoms with Crippen LogP contribution in [0.1, 0.15) is 27.3 Å². The number of fused-ring (bicyclic) bond motifs is 1. The maximum Gasteiger partial charge on any atom is 0.255 e. The number of nitrogens with zero attached hydrogens (tertiary/aromatic N) is 2. The van der Waals surface area contributed by atoms with E-state index < -0.39 is 17.9 Å². The first-order valence-electron chi connectivity index (χ1n) is 10.3. The quantitative estimate of drug-likeness (QED) is 0.388. The molecule has 1 unspecified atom stereocenters. The third-order valence-corrected chi connectivity index (χ3v) is 5.19. The third kappa shape index (κ3) is 4.90. The zero-order chi connectivity index (χ0) is 23.2. The van der Waals surface area contributed by atoms with E-state index in [2.05, 4.69) is 20.5 Å². The smallest absolute Gasteiger partial charge is 0.255 e. The van der Waals surface area contributed by atoms with Gasteiger partial charge in [-0.05, 0) is 42.0 Å². The Morgan fingerprint density at radius 2 is 1.88 bits per heavy atom. The molecule has 4 aromatic rings. The van der Waals surface area contributed by atoms with Crippen LogP contribution in [0.25, 0.3) is 23.1 Å². The molecule has 8 heteroatoms. The number of benzene rings is 2. The number of H-pyrrole nitrogens is 1. The van der Waals surface area contributed by atoms with Gasteiger partial charge in [-0.3, -0.25) is 19.7 Å². The second-order valence-corrected chi connectivity index (χ2v) is 7.38. The van der Waals surface area contributed by atoms with Crippen molar-refractivity contribution in [2.45, 2.75) is 12.5 Å². The average Bonchev–Trinajstić information content (AvgIpc) is 3.26. The average molecular weight is 441 g/mol. The summed E-state index contributed by atoms with van der Waals surface area (Å²) in [6, 6.07) is 17.5. The van der Waals surface area contributed by atoms with Gasteiger partial charge >= 0.3 is 0 Å². The fourth-order valence-corrected chi connectivity index (χ4v) is 3.57. The SMILES string of the molecule is COc1c(C(=O)NC(Cc2ccccc2)C(N)=O)ccc2[nH]nc(/C=C/c3ccccn3)c12. The fraction of sp³-hybridized carbons (Fsp3) is 0.120. The van der Waals surface area contributed by atoms with Gasteiger partial charge in [-0.2, -0.15) is 5.10 Å². The van der Waals surface area contributed by atoms with Gasteiger partial charge in [0.15, 0.2) is 0 Å². The molecule has 4 rings (SSSR count). The number of nitrogens with two attached hydrogens (primary N) is 1. The van der Waals surface area contributed by atoms with E-state index in [1.165, 1.54) is 7.11 Å². The zero-order valence-electron chi connectivity index (χ0n) is 18.0. The third-order valence-electron chi connectivity index (χ3n) is 5.19. The molecule has 0 fully saturated rings. The Labute approximate surface area is 190 Å². The van der Waals surface area contributed by atoms with Crippen LogP contribution in [0.2, 0.25) is 0 Å². The number of nitrogens with one attached hydrogen (secondary N) is 2. The van der Waals surface area contributed by atoms with Crippen molar-refractivity contribution >= 4 is 34.9 Å². The minimum atomic E-state index is -0.867. The Morgan fingerprint density at radius 1 is 1.09 bits per heavy atom. The van der Waals surface area contributed by atoms with Crippen molar-refractivity contribution in [1.29, 1.82) is 0 Å². The van der Waals surface area contributed by atoms with Gasteiger partial charge in [0.25, 0.3) is 5.91 Å². The highest BCUT2D eigenvalue weighted by atomic mass is 16.5. The summed E-state index contributed by atoms with van der Waals surface area (Å²) in [5, 5.41) is 10.7. The van der Waals surface area contributed by atoms with Gasteiger partial charge in [0.1, 0.15) is 11.8 Å². The van der Waals surface area contributed by atoms with Crippen LogP contribution in [0.4, 0.5) is 0 Å². The van der Waals surface area contributed by atoms with E-state index in [-0.39, 0.29) is 12.0 Å². The highest BCUT2D eigenvalue weighted by Crippen LogP contribution is 2.32. The molecular formula is C25H23N5O3. The van der Waals surface area contributed by atoms with Crippen molar-refractivity contribution in [2.75, 3.05) is 7.11 Å². The van der Waals surface area contributed by atoms with E-state index in [0.717, 1.165) is 11.3 Å². The van der Waals surface area contributed by atoms with Gasteiger partial charge in [-0.1, -0.05) is 36.4 Å². The van der Waals surface area contributed by atoms with E-state index in [0.29, 0.717) is 22.3 Å². The number of amides is 2. The Balaban J connectivity index is 1.64. The summed E-state index contributed by atoms with van der Waals surface area (Å²) < 4.78 is 5.60. The Hall–Kier alpha value is -4.46. The summed E-state index contributed by atoms with van der Waals surface area (Å²) in [5.74, 6) is -0.730. The number of aromatic nitrogens is 3. The molecule has 2 aromatic heterocycles. The molecule has 2 amide bonds. The number of pyridine rings is 1. The highest BCUT2D eigenvalue weighted by Gasteiger charge is 2.23. The molecule has 0 radical (unpaired) electrons. The normalized spacial score (nSPS) is 12.0. The standard InChI is InChI=1S/C25H23N5O3/c1-33-23-18(25(32)28-21(24(26)31)15-16-7-3-2-4-8-16)11-13-20-22(23)19(29-30-20)12-10-17-9-5-6-14-27-17/h2-14,21H,15H2,1H3,(H2,26,31)(H,28,32)(H,29,30)/b12-10+. The predicted molar refractivity (Wildman–Crippen MR) is 126 cm³/mol. The first-order valence-corrected chi connectivity index (χ1v) is 10.3. The second kappa shape index (κ2) is 9.78. The van der Waals surface area contributed by atoms with Crippen LogP contribution in [0.3, 0.4) is 0 Å². The summed E-state index contributed by atoms with van der Waals surface area (Å²) in [5.41, 5.74) is 8.80. The van der Waals surface area contributed by atoms with Crippen LogP contribution in [0.5, 0.6) is 5.75 Å². The molecule has 8 nitrogen and oxygen atoms in total. The van der Waals surface area contributed by atoms with Crippen LogP contribution >= 0.6 is 0 Å². The first kappa shape index (κ1) is 21.8. The van der Waals surface area contributed by atoms with E-state index >= 15 is 0 Å². The minimum absolute atomic E-state index is 0.276. The predicted octanol–water partition coefficient (Wildman–Crippen LogP) is 2.96. The van der Waals surface area contributed by atoms with Gasteiger partial charge in [0.2, 0.25) is 5.91 Å². The molecule has 2 heterocycles. The lowest BCUT2D eigenvalue weighted by molar-refractivity contribution is -0.119. The molecule has 0 saturated carbocycles. The number of hydrogen-bond donors (Lipinski definition) is 3. The molecule has 4 N–H and O–H groups in total. The van der Waals surface area contributed by atoms with Gasteiger partial charge in [0, 0.05) is 12.6 Å². The van der Waals surface area contributed by atoms with Gasteiger partial charge in [-0.15, -0.1) is 0 Å². The lowest BCUT2D eigenvalue weighted by Crippen LogP contribution is -2.45. The number of primary amides is 1. The van der Waals surface area contributed by atoms with Crippen molar-refractivity contribution in [3.05, 3.63) is 89.4 Å². The number of ether oxygens (including phenoxy) is 1. The molecule has 1 atom stereocenters. The maximum atomic E-state index is 13.1. The Morgan fingerprint density at radius 3 is 2.58 bits per heavy atom. The molecule has 2 aromatic carbocycles. The summed E-state index contributed by atoms with van der Waals surface area (Å²) in [7, 11) is 1.49. The fourth-order valence-electron chi connectivity index (χ4n) is 3.57. The molecule has 0 bridgehead atoms. The Bertz CT molecular complexity index is 1300. The number of rotatable bonds is 8. The number of methoxy groups -OCH3 is 1. The Kier molecular flexibility index (Phi) is 6.45. The van der Waals surface area contributed by atoms with Crippen molar-refractivity contribution in [1.82, 2.24) is 20.5 Å². The van der Waals surface area contributed by atoms with Crippen LogP contribution in [0, 0.1) is 0 Å². The largest absolute Gasteiger partial charge is 0.495 e. The van der Waals surface area contributed by atoms with E-state index in [1.807, 2.05) is 54.6 Å². The number of carbonyl (C=O) groups excluding carboxylic acids is 2. The van der Waals surface area contributed by atoms with Crippen molar-refractivity contribution in [2.24, 2.45) is 5.73 Å². The summed E-state index contributed by atoms with van der Waals surface area (Å²) in [6.07, 6.45) is 5.62. The molecule has 0 aliphatic rings. The maximum absolute atomic E-state index is 13.1. The highest BCUT2D eigenvalue weighted by molar-refractivity contribution is 6.06. The molecule has 0 spiro atoms. The molecule has 0 saturated heterocycles. The van der Waals surface area contributed by atoms with Crippen molar-refractivity contribution < 1.29 is 14.3 Å². The minimum Gasteiger partial charge on any atom is -0.495 e. The lowest BCUT2D eigenvalue weighted by atomic mass is 10.0. The summed E-state index contributed by atoms with van der Waals surface area (Å²) >= 11 is 0. The van der Waals surface area contributed by atoms with Crippen LogP contribution in [-0.4, -0.2) is 40.1 Å². The molecule has 0 aliphatic heterocycles. The molecule has 33 heavy (non-hydrogen) atoms. The zero-order valence-corrected chi connectivity index (χ0v) is 18.0. The molecule has 166 valence electrons. The number of hydrogen-bond acceptors (Lipinski definition) is 5. The van der Waals surface area contributed by atoms with Crippen LogP contribution in [0.15, 0.2) is 66.9 Å². The van der Waals surface area contributed by atoms with E-state index in [1.54, 1.807) is 24.4 Å². The van der Waals surface area contributed by atoms with E-state index in [4.69, 9.17) is 10.5 Å². The van der Waals surface area contributed by atoms with Crippen molar-refractivity contribution in [3.8, 4) is 5.75 Å². The second-order valence-electron chi connectivity index (χ2n) is 7.38. The number of aromatic amines is 1. The van der Waals surface area contributed by atoms with Gasteiger partial charge in [-0.25, -0.2) is 0 Å². The van der Waals surface area contributed by atoms with Gasteiger partial charge < -0.3 is 15.8 Å². The van der Waals surface area contributed by atoms with Crippen LogP contribution in [-0.2, 0) is 11.2 Å². The van der Waals surface area contributed by atoms with Crippen molar-refractivity contribution in [3.63, 3.8) is 0 Å². The number of carbonyl (C=O) groups is 2. The van der Waals surface area contributed by atoms with E-state index in [9.17, 15) is 9.59 Å². The summed E-state index contributed by atoms with van der Waals surface area (Å²) in [4.78, 5) is 29.4. The first-order chi connectivity index (χ1) is 16.1. The monoisotopic (exact) mass is 441 g/mol. The summed E-state index contributed by atoms with van der Waals surface area (Å²) in [6.45, 7) is 0. The van der Waals surface area contributed by atoms with Gasteiger partial charge in [0.05, 0.1) is 35.0 Å². The topological polar surface area (TPSA) is 123 Å².